The molecule has 0 aliphatic carbocycles. The third kappa shape index (κ3) is 2.37. The molecule has 0 fully saturated rings. The predicted octanol–water partition coefficient (Wildman–Crippen LogP) is 1.65. The Morgan fingerprint density at radius 1 is 1.44 bits per heavy atom. The summed E-state index contributed by atoms with van der Waals surface area (Å²) in [6, 6.07) is 3.05. The minimum absolute atomic E-state index is 0.128. The molecular formula is C9H9N3O2S2. The van der Waals surface area contributed by atoms with Crippen molar-refractivity contribution in [2.75, 3.05) is 4.72 Å². The maximum absolute atomic E-state index is 11.8. The minimum atomic E-state index is -3.56. The molecule has 1 N–H and O–H groups in total. The highest BCUT2D eigenvalue weighted by Crippen LogP contribution is 2.18. The van der Waals surface area contributed by atoms with E-state index in [2.05, 4.69) is 14.7 Å². The molecule has 0 saturated carbocycles. The largest absolute Gasteiger partial charge is 0.265 e. The summed E-state index contributed by atoms with van der Waals surface area (Å²) in [4.78, 5) is 7.92. The molecule has 0 bridgehead atoms. The molecule has 2 heterocycles. The van der Waals surface area contributed by atoms with Crippen LogP contribution in [-0.2, 0) is 10.0 Å². The van der Waals surface area contributed by atoms with Crippen LogP contribution in [0.25, 0.3) is 0 Å². The lowest BCUT2D eigenvalue weighted by atomic mass is 10.5. The van der Waals surface area contributed by atoms with Crippen molar-refractivity contribution in [3.8, 4) is 0 Å². The lowest BCUT2D eigenvalue weighted by Gasteiger charge is -2.03. The van der Waals surface area contributed by atoms with Gasteiger partial charge in [0.25, 0.3) is 10.0 Å². The van der Waals surface area contributed by atoms with Gasteiger partial charge in [0.05, 0.1) is 5.69 Å². The van der Waals surface area contributed by atoms with Gasteiger partial charge < -0.3 is 0 Å². The van der Waals surface area contributed by atoms with Crippen molar-refractivity contribution in [2.45, 2.75) is 11.8 Å². The minimum Gasteiger partial charge on any atom is -0.263 e. The lowest BCUT2D eigenvalue weighted by Crippen LogP contribution is -2.12. The topological polar surface area (TPSA) is 72.0 Å². The number of hydrogen-bond acceptors (Lipinski definition) is 5. The fraction of sp³-hybridized carbons (Fsp3) is 0.111. The highest BCUT2D eigenvalue weighted by atomic mass is 32.2. The number of anilines is 1. The summed E-state index contributed by atoms with van der Waals surface area (Å²) in [5.74, 6) is 0. The number of rotatable bonds is 3. The van der Waals surface area contributed by atoms with Crippen LogP contribution in [0.15, 0.2) is 34.8 Å². The molecule has 0 amide bonds. The smallest absolute Gasteiger partial charge is 0.263 e. The molecule has 84 valence electrons. The van der Waals surface area contributed by atoms with Crippen LogP contribution in [0.3, 0.4) is 0 Å². The van der Waals surface area contributed by atoms with Crippen LogP contribution < -0.4 is 4.72 Å². The molecule has 0 aliphatic rings. The molecule has 0 unspecified atom stereocenters. The van der Waals surface area contributed by atoms with Crippen LogP contribution in [0, 0.1) is 6.92 Å². The Labute approximate surface area is 97.2 Å². The van der Waals surface area contributed by atoms with E-state index in [-0.39, 0.29) is 4.90 Å². The van der Waals surface area contributed by atoms with Crippen molar-refractivity contribution in [1.29, 1.82) is 0 Å². The molecule has 0 saturated heterocycles. The zero-order valence-corrected chi connectivity index (χ0v) is 10.0. The number of aryl methyl sites for hydroxylation is 1. The summed E-state index contributed by atoms with van der Waals surface area (Å²) in [5, 5.41) is 2.14. The summed E-state index contributed by atoms with van der Waals surface area (Å²) in [6.45, 7) is 1.80. The van der Waals surface area contributed by atoms with Crippen molar-refractivity contribution in [1.82, 2.24) is 9.97 Å². The first-order chi connectivity index (χ1) is 7.58. The number of nitrogens with one attached hydrogen (secondary N) is 1. The van der Waals surface area contributed by atoms with Crippen molar-refractivity contribution < 1.29 is 8.42 Å². The van der Waals surface area contributed by atoms with Crippen molar-refractivity contribution in [3.63, 3.8) is 0 Å². The summed E-state index contributed by atoms with van der Waals surface area (Å²) < 4.78 is 26.0. The molecule has 7 heteroatoms. The Morgan fingerprint density at radius 2 is 2.25 bits per heavy atom. The first-order valence-corrected chi connectivity index (χ1v) is 6.79. The molecule has 0 aromatic carbocycles. The Kier molecular flexibility index (Phi) is 2.88. The molecule has 0 spiro atoms. The lowest BCUT2D eigenvalue weighted by molar-refractivity contribution is 0.601. The summed E-state index contributed by atoms with van der Waals surface area (Å²) >= 11 is 1.25. The Morgan fingerprint density at radius 3 is 2.81 bits per heavy atom. The third-order valence-electron chi connectivity index (χ3n) is 1.79. The van der Waals surface area contributed by atoms with E-state index in [1.807, 2.05) is 0 Å². The Balaban J connectivity index is 2.28. The van der Waals surface area contributed by atoms with E-state index in [9.17, 15) is 8.42 Å². The average Bonchev–Trinajstić information content (AvgIpc) is 2.64. The number of nitrogens with zero attached hydrogens (tertiary/aromatic N) is 2. The van der Waals surface area contributed by atoms with Gasteiger partial charge in [0.2, 0.25) is 0 Å². The van der Waals surface area contributed by atoms with E-state index in [0.29, 0.717) is 5.13 Å². The van der Waals surface area contributed by atoms with Gasteiger partial charge in [-0.25, -0.2) is 13.4 Å². The van der Waals surface area contributed by atoms with E-state index < -0.39 is 10.0 Å². The van der Waals surface area contributed by atoms with Gasteiger partial charge in [-0.3, -0.25) is 9.71 Å². The highest BCUT2D eigenvalue weighted by molar-refractivity contribution is 7.93. The molecule has 0 atom stereocenters. The van der Waals surface area contributed by atoms with E-state index in [4.69, 9.17) is 0 Å². The second kappa shape index (κ2) is 4.18. The molecule has 16 heavy (non-hydrogen) atoms. The zero-order chi connectivity index (χ0) is 11.6. The maximum Gasteiger partial charge on any atom is 0.265 e. The Hall–Kier alpha value is -1.47. The normalized spacial score (nSPS) is 11.3. The standard InChI is InChI=1S/C9H9N3O2S2/c1-7-6-15-9(11-7)12-16(13,14)8-3-2-4-10-5-8/h2-6H,1H3,(H,11,12). The number of hydrogen-bond donors (Lipinski definition) is 1. The molecular weight excluding hydrogens is 246 g/mol. The SMILES string of the molecule is Cc1csc(NS(=O)(=O)c2cccnc2)n1. The van der Waals surface area contributed by atoms with Crippen molar-refractivity contribution in [2.24, 2.45) is 0 Å². The Bertz CT molecular complexity index is 578. The number of thiazole rings is 1. The van der Waals surface area contributed by atoms with E-state index in [1.165, 1.54) is 29.8 Å². The zero-order valence-electron chi connectivity index (χ0n) is 8.41. The summed E-state index contributed by atoms with van der Waals surface area (Å²) in [6.07, 6.45) is 2.81. The fourth-order valence-corrected chi connectivity index (χ4v) is 2.98. The molecule has 5 nitrogen and oxygen atoms in total. The fourth-order valence-electron chi connectivity index (χ4n) is 1.08. The van der Waals surface area contributed by atoms with Crippen LogP contribution in [-0.4, -0.2) is 18.4 Å². The monoisotopic (exact) mass is 255 g/mol. The second-order valence-corrected chi connectivity index (χ2v) is 5.63. The summed E-state index contributed by atoms with van der Waals surface area (Å²) in [7, 11) is -3.56. The maximum atomic E-state index is 11.8. The third-order valence-corrected chi connectivity index (χ3v) is 4.11. The number of pyridine rings is 1. The van der Waals surface area contributed by atoms with Crippen molar-refractivity contribution >= 4 is 26.5 Å². The van der Waals surface area contributed by atoms with Crippen LogP contribution >= 0.6 is 11.3 Å². The average molecular weight is 255 g/mol. The molecule has 2 aromatic heterocycles. The molecule has 2 rings (SSSR count). The van der Waals surface area contributed by atoms with Gasteiger partial charge in [-0.05, 0) is 19.1 Å². The predicted molar refractivity (Wildman–Crippen MR) is 61.9 cm³/mol. The van der Waals surface area contributed by atoms with Crippen LogP contribution in [0.5, 0.6) is 0 Å². The van der Waals surface area contributed by atoms with Gasteiger partial charge in [-0.2, -0.15) is 0 Å². The first kappa shape index (κ1) is 11.0. The van der Waals surface area contributed by atoms with E-state index in [0.717, 1.165) is 5.69 Å². The molecule has 2 aromatic rings. The van der Waals surface area contributed by atoms with Gasteiger partial charge in [-0.1, -0.05) is 0 Å². The van der Waals surface area contributed by atoms with Gasteiger partial charge in [-0.15, -0.1) is 11.3 Å². The van der Waals surface area contributed by atoms with Gasteiger partial charge in [0.1, 0.15) is 4.90 Å². The quantitative estimate of drug-likeness (QED) is 0.905. The van der Waals surface area contributed by atoms with Gasteiger partial charge in [0, 0.05) is 17.8 Å². The van der Waals surface area contributed by atoms with Crippen LogP contribution in [0.1, 0.15) is 5.69 Å². The highest BCUT2D eigenvalue weighted by Gasteiger charge is 2.15. The van der Waals surface area contributed by atoms with E-state index in [1.54, 1.807) is 18.4 Å². The van der Waals surface area contributed by atoms with Crippen molar-refractivity contribution in [3.05, 3.63) is 35.6 Å². The van der Waals surface area contributed by atoms with Crippen LogP contribution in [0.2, 0.25) is 0 Å². The van der Waals surface area contributed by atoms with Gasteiger partial charge >= 0.3 is 0 Å². The summed E-state index contributed by atoms with van der Waals surface area (Å²) in [5.41, 5.74) is 0.786. The molecule has 0 aliphatic heterocycles. The first-order valence-electron chi connectivity index (χ1n) is 4.43. The number of sulfonamides is 1. The number of aromatic nitrogens is 2. The second-order valence-electron chi connectivity index (χ2n) is 3.09. The van der Waals surface area contributed by atoms with Gasteiger partial charge in [0.15, 0.2) is 5.13 Å². The van der Waals surface area contributed by atoms with Crippen LogP contribution in [0.4, 0.5) is 5.13 Å². The van der Waals surface area contributed by atoms with E-state index >= 15 is 0 Å². The molecule has 0 radical (unpaired) electrons.